The van der Waals surface area contributed by atoms with Gasteiger partial charge in [-0.1, -0.05) is 6.07 Å². The first kappa shape index (κ1) is 22.3. The molecule has 166 valence electrons. The van der Waals surface area contributed by atoms with Crippen LogP contribution in [0.4, 0.5) is 14.0 Å². The van der Waals surface area contributed by atoms with E-state index < -0.39 is 18.2 Å². The number of benzene rings is 1. The largest absolute Gasteiger partial charge is 0.490 e. The summed E-state index contributed by atoms with van der Waals surface area (Å²) in [5, 5.41) is 10.7. The van der Waals surface area contributed by atoms with Gasteiger partial charge in [-0.3, -0.25) is 5.32 Å². The number of nitrogens with one attached hydrogen (secondary N) is 4. The van der Waals surface area contributed by atoms with Gasteiger partial charge in [-0.2, -0.15) is 0 Å². The molecule has 8 nitrogen and oxygen atoms in total. The number of amides is 4. The maximum Gasteiger partial charge on any atom is 0.324 e. The van der Waals surface area contributed by atoms with Gasteiger partial charge in [0.2, 0.25) is 0 Å². The van der Waals surface area contributed by atoms with Crippen LogP contribution in [0.1, 0.15) is 50.6 Å². The van der Waals surface area contributed by atoms with Gasteiger partial charge < -0.3 is 25.4 Å². The average molecular weight is 423 g/mol. The molecule has 4 N–H and O–H groups in total. The molecule has 1 saturated carbocycles. The van der Waals surface area contributed by atoms with E-state index in [1.54, 1.807) is 12.1 Å². The van der Waals surface area contributed by atoms with Crippen LogP contribution in [-0.2, 0) is 4.74 Å². The Kier molecular flexibility index (Phi) is 8.27. The molecule has 1 saturated heterocycles. The second kappa shape index (κ2) is 11.1. The topological polar surface area (TPSA) is 101 Å². The Labute approximate surface area is 176 Å². The third-order valence-electron chi connectivity index (χ3n) is 5.16. The zero-order valence-electron chi connectivity index (χ0n) is 17.3. The molecule has 9 heteroatoms. The van der Waals surface area contributed by atoms with E-state index in [0.29, 0.717) is 24.9 Å². The van der Waals surface area contributed by atoms with Crippen LogP contribution in [0, 0.1) is 11.7 Å². The second-order valence-electron chi connectivity index (χ2n) is 7.88. The highest BCUT2D eigenvalue weighted by atomic mass is 19.1. The Morgan fingerprint density at radius 3 is 2.63 bits per heavy atom. The highest BCUT2D eigenvalue weighted by Gasteiger charge is 2.23. The first-order valence-corrected chi connectivity index (χ1v) is 10.6. The minimum Gasteiger partial charge on any atom is -0.490 e. The highest BCUT2D eigenvalue weighted by molar-refractivity contribution is 5.95. The van der Waals surface area contributed by atoms with E-state index in [0.717, 1.165) is 31.4 Å². The molecule has 30 heavy (non-hydrogen) atoms. The van der Waals surface area contributed by atoms with Crippen LogP contribution in [0.15, 0.2) is 18.2 Å². The third kappa shape index (κ3) is 7.46. The minimum atomic E-state index is -0.518. The molecule has 1 aromatic carbocycles. The van der Waals surface area contributed by atoms with Crippen LogP contribution < -0.4 is 26.0 Å². The van der Waals surface area contributed by atoms with Gasteiger partial charge in [0.15, 0.2) is 11.6 Å². The summed E-state index contributed by atoms with van der Waals surface area (Å²) < 4.78 is 25.0. The van der Waals surface area contributed by atoms with E-state index in [9.17, 15) is 14.0 Å². The van der Waals surface area contributed by atoms with Gasteiger partial charge in [0.05, 0.1) is 13.2 Å². The SMILES string of the molecule is C[C@@H](NCCCCCOCC1NC(=O)NC(=O)N1)c1ccc(F)c(OCC2CC2)c1. The summed E-state index contributed by atoms with van der Waals surface area (Å²) in [6, 6.07) is 4.13. The number of hydrogen-bond acceptors (Lipinski definition) is 5. The standard InChI is InChI=1S/C21H31FN4O4/c1-14(16-7-8-17(22)18(11-16)30-12-15-5-6-15)23-9-3-2-4-10-29-13-19-24-20(27)26-21(28)25-19/h7-8,11,14-15,19,23H,2-6,9-10,12-13H2,1H3,(H3,24,25,26,27,28)/t14-/m1/s1. The molecule has 1 aromatic rings. The number of urea groups is 2. The Morgan fingerprint density at radius 1 is 1.13 bits per heavy atom. The van der Waals surface area contributed by atoms with Crippen molar-refractivity contribution in [3.8, 4) is 5.75 Å². The molecule has 4 amide bonds. The second-order valence-corrected chi connectivity index (χ2v) is 7.88. The molecule has 0 unspecified atom stereocenters. The normalized spacial score (nSPS) is 17.8. The van der Waals surface area contributed by atoms with E-state index in [1.807, 2.05) is 0 Å². The summed E-state index contributed by atoms with van der Waals surface area (Å²) in [5.41, 5.74) is 1.01. The Hall–Kier alpha value is -2.39. The van der Waals surface area contributed by atoms with Crippen molar-refractivity contribution in [3.05, 3.63) is 29.6 Å². The van der Waals surface area contributed by atoms with Crippen molar-refractivity contribution in [2.75, 3.05) is 26.4 Å². The van der Waals surface area contributed by atoms with E-state index in [1.165, 1.54) is 18.9 Å². The van der Waals surface area contributed by atoms with Crippen LogP contribution in [0.25, 0.3) is 0 Å². The van der Waals surface area contributed by atoms with Crippen LogP contribution in [0.3, 0.4) is 0 Å². The van der Waals surface area contributed by atoms with Gasteiger partial charge in [-0.25, -0.2) is 14.0 Å². The molecule has 2 aliphatic rings. The lowest BCUT2D eigenvalue weighted by molar-refractivity contribution is 0.0990. The molecular weight excluding hydrogens is 391 g/mol. The van der Waals surface area contributed by atoms with Crippen molar-refractivity contribution in [2.24, 2.45) is 5.92 Å². The lowest BCUT2D eigenvalue weighted by Crippen LogP contribution is -2.63. The van der Waals surface area contributed by atoms with Crippen LogP contribution in [0.5, 0.6) is 5.75 Å². The molecule has 0 bridgehead atoms. The zero-order valence-corrected chi connectivity index (χ0v) is 17.3. The lowest BCUT2D eigenvalue weighted by Gasteiger charge is -2.24. The summed E-state index contributed by atoms with van der Waals surface area (Å²) in [5.74, 6) is 0.617. The maximum atomic E-state index is 13.9. The van der Waals surface area contributed by atoms with E-state index in [4.69, 9.17) is 9.47 Å². The summed E-state index contributed by atoms with van der Waals surface area (Å²) in [6.45, 7) is 4.30. The predicted octanol–water partition coefficient (Wildman–Crippen LogP) is 2.80. The number of halogens is 1. The highest BCUT2D eigenvalue weighted by Crippen LogP contribution is 2.31. The molecule has 1 atom stereocenters. The van der Waals surface area contributed by atoms with Crippen molar-refractivity contribution in [3.63, 3.8) is 0 Å². The molecule has 3 rings (SSSR count). The summed E-state index contributed by atoms with van der Waals surface area (Å²) in [6.07, 6.45) is 4.72. The van der Waals surface area contributed by atoms with E-state index >= 15 is 0 Å². The third-order valence-corrected chi connectivity index (χ3v) is 5.16. The predicted molar refractivity (Wildman–Crippen MR) is 110 cm³/mol. The number of hydrogen-bond donors (Lipinski definition) is 4. The number of ether oxygens (including phenoxy) is 2. The van der Waals surface area contributed by atoms with Crippen molar-refractivity contribution < 1.29 is 23.5 Å². The first-order chi connectivity index (χ1) is 14.5. The smallest absolute Gasteiger partial charge is 0.324 e. The van der Waals surface area contributed by atoms with E-state index in [-0.39, 0.29) is 18.5 Å². The number of imide groups is 1. The molecule has 1 heterocycles. The zero-order chi connectivity index (χ0) is 21.3. The van der Waals surface area contributed by atoms with Gasteiger partial charge in [-0.05, 0) is 69.2 Å². The minimum absolute atomic E-state index is 0.109. The lowest BCUT2D eigenvalue weighted by atomic mass is 10.1. The monoisotopic (exact) mass is 422 g/mol. The van der Waals surface area contributed by atoms with Crippen LogP contribution in [-0.4, -0.2) is 44.6 Å². The van der Waals surface area contributed by atoms with Gasteiger partial charge in [0.25, 0.3) is 0 Å². The first-order valence-electron chi connectivity index (χ1n) is 10.6. The molecule has 1 aliphatic heterocycles. The molecule has 1 aliphatic carbocycles. The van der Waals surface area contributed by atoms with Gasteiger partial charge in [-0.15, -0.1) is 0 Å². The van der Waals surface area contributed by atoms with Crippen molar-refractivity contribution in [1.82, 2.24) is 21.3 Å². The molecule has 0 radical (unpaired) electrons. The fraction of sp³-hybridized carbons (Fsp3) is 0.619. The quantitative estimate of drug-likeness (QED) is 0.366. The van der Waals surface area contributed by atoms with Gasteiger partial charge in [0.1, 0.15) is 6.17 Å². The molecule has 2 fully saturated rings. The van der Waals surface area contributed by atoms with Crippen LogP contribution in [0.2, 0.25) is 0 Å². The number of carbonyl (C=O) groups is 2. The Morgan fingerprint density at radius 2 is 1.90 bits per heavy atom. The maximum absolute atomic E-state index is 13.9. The summed E-state index contributed by atoms with van der Waals surface area (Å²) in [4.78, 5) is 22.3. The van der Waals surface area contributed by atoms with E-state index in [2.05, 4.69) is 28.2 Å². The molecule has 0 aromatic heterocycles. The van der Waals surface area contributed by atoms with Gasteiger partial charge in [0, 0.05) is 12.6 Å². The van der Waals surface area contributed by atoms with Crippen LogP contribution >= 0.6 is 0 Å². The van der Waals surface area contributed by atoms with Crippen molar-refractivity contribution in [1.29, 1.82) is 0 Å². The van der Waals surface area contributed by atoms with Gasteiger partial charge >= 0.3 is 12.1 Å². The Balaban J connectivity index is 1.25. The number of carbonyl (C=O) groups excluding carboxylic acids is 2. The Bertz CT molecular complexity index is 713. The fourth-order valence-electron chi connectivity index (χ4n) is 3.15. The summed E-state index contributed by atoms with van der Waals surface area (Å²) in [7, 11) is 0. The molecular formula is C21H31FN4O4. The van der Waals surface area contributed by atoms with Crippen molar-refractivity contribution >= 4 is 12.1 Å². The number of unbranched alkanes of at least 4 members (excludes halogenated alkanes) is 2. The van der Waals surface area contributed by atoms with Crippen molar-refractivity contribution in [2.45, 2.75) is 51.2 Å². The molecule has 0 spiro atoms. The fourth-order valence-corrected chi connectivity index (χ4v) is 3.15. The summed E-state index contributed by atoms with van der Waals surface area (Å²) >= 11 is 0. The number of rotatable bonds is 13. The average Bonchev–Trinajstić information content (AvgIpc) is 3.53.